The molecule has 1 unspecified atom stereocenters. The summed E-state index contributed by atoms with van der Waals surface area (Å²) in [5, 5.41) is 13.9. The van der Waals surface area contributed by atoms with E-state index in [0.717, 1.165) is 22.3 Å². The second-order valence-electron chi connectivity index (χ2n) is 9.14. The molecule has 2 aromatic carbocycles. The van der Waals surface area contributed by atoms with Crippen LogP contribution in [0.4, 0.5) is 13.6 Å². The van der Waals surface area contributed by atoms with Gasteiger partial charge in [-0.05, 0) is 35.1 Å². The molecule has 2 aromatic rings. The van der Waals surface area contributed by atoms with Crippen LogP contribution in [0.5, 0.6) is 0 Å². The van der Waals surface area contributed by atoms with Crippen LogP contribution in [0.15, 0.2) is 48.5 Å². The molecule has 0 spiro atoms. The van der Waals surface area contributed by atoms with E-state index in [1.165, 1.54) is 0 Å². The van der Waals surface area contributed by atoms with E-state index >= 15 is 0 Å². The zero-order valence-electron chi connectivity index (χ0n) is 19.3. The molecule has 7 nitrogen and oxygen atoms in total. The molecule has 35 heavy (non-hydrogen) atoms. The van der Waals surface area contributed by atoms with E-state index in [1.807, 2.05) is 36.4 Å². The van der Waals surface area contributed by atoms with E-state index in [4.69, 9.17) is 9.84 Å². The largest absolute Gasteiger partial charge is 0.481 e. The Hall–Kier alpha value is -3.49. The van der Waals surface area contributed by atoms with E-state index in [-0.39, 0.29) is 19.1 Å². The fourth-order valence-electron chi connectivity index (χ4n) is 4.74. The molecule has 0 aromatic heterocycles. The molecule has 186 valence electrons. The minimum absolute atomic E-state index is 0.0311. The Morgan fingerprint density at radius 2 is 1.63 bits per heavy atom. The van der Waals surface area contributed by atoms with Crippen LogP contribution in [0.25, 0.3) is 11.1 Å². The predicted molar refractivity (Wildman–Crippen MR) is 124 cm³/mol. The lowest BCUT2D eigenvalue weighted by molar-refractivity contribution is -0.141. The molecule has 3 atom stereocenters. The fraction of sp³-hybridized carbons (Fsp3) is 0.423. The number of carbonyl (C=O) groups excluding carboxylic acids is 2. The van der Waals surface area contributed by atoms with Crippen molar-refractivity contribution >= 4 is 18.0 Å². The van der Waals surface area contributed by atoms with Crippen LogP contribution in [0, 0.1) is 17.8 Å². The van der Waals surface area contributed by atoms with Gasteiger partial charge >= 0.3 is 12.1 Å². The SMILES string of the molecule is CC(CCCNC(=O)OCC1c2ccccc2-c2ccccc21)C(=O)NC[C@@H]1[C@H](C(=O)O)C1(F)F. The molecule has 2 aliphatic carbocycles. The molecule has 0 heterocycles. The highest BCUT2D eigenvalue weighted by molar-refractivity contribution is 5.80. The van der Waals surface area contributed by atoms with Gasteiger partial charge in [0, 0.05) is 24.9 Å². The number of fused-ring (bicyclic) bond motifs is 3. The third kappa shape index (κ3) is 5.13. The van der Waals surface area contributed by atoms with Gasteiger partial charge in [0.2, 0.25) is 5.91 Å². The Bertz CT molecular complexity index is 1080. The highest BCUT2D eigenvalue weighted by Gasteiger charge is 2.72. The van der Waals surface area contributed by atoms with Gasteiger partial charge in [-0.3, -0.25) is 9.59 Å². The molecule has 0 radical (unpaired) electrons. The normalized spacial score (nSPS) is 20.3. The van der Waals surface area contributed by atoms with Gasteiger partial charge < -0.3 is 20.5 Å². The molecule has 9 heteroatoms. The van der Waals surface area contributed by atoms with Crippen molar-refractivity contribution in [3.8, 4) is 11.1 Å². The van der Waals surface area contributed by atoms with Gasteiger partial charge in [-0.15, -0.1) is 0 Å². The van der Waals surface area contributed by atoms with Gasteiger partial charge in [-0.1, -0.05) is 55.5 Å². The number of hydrogen-bond donors (Lipinski definition) is 3. The molecule has 0 bridgehead atoms. The average molecular weight is 487 g/mol. The Kier molecular flexibility index (Phi) is 7.05. The maximum atomic E-state index is 13.4. The van der Waals surface area contributed by atoms with Crippen molar-refractivity contribution in [2.24, 2.45) is 17.8 Å². The minimum atomic E-state index is -3.28. The van der Waals surface area contributed by atoms with Crippen LogP contribution in [-0.2, 0) is 14.3 Å². The Morgan fingerprint density at radius 1 is 1.03 bits per heavy atom. The highest BCUT2D eigenvalue weighted by Crippen LogP contribution is 2.54. The van der Waals surface area contributed by atoms with Crippen molar-refractivity contribution in [2.45, 2.75) is 31.6 Å². The number of rotatable bonds is 10. The predicted octanol–water partition coefficient (Wildman–Crippen LogP) is 4.02. The molecule has 4 rings (SSSR count). The lowest BCUT2D eigenvalue weighted by Crippen LogP contribution is -2.33. The van der Waals surface area contributed by atoms with Crippen molar-refractivity contribution in [1.29, 1.82) is 0 Å². The first-order valence-corrected chi connectivity index (χ1v) is 11.7. The third-order valence-electron chi connectivity index (χ3n) is 6.84. The van der Waals surface area contributed by atoms with E-state index in [2.05, 4.69) is 22.8 Å². The smallest absolute Gasteiger partial charge is 0.407 e. The number of benzene rings is 2. The van der Waals surface area contributed by atoms with E-state index in [1.54, 1.807) is 6.92 Å². The van der Waals surface area contributed by atoms with Crippen molar-refractivity contribution < 1.29 is 33.0 Å². The fourth-order valence-corrected chi connectivity index (χ4v) is 4.74. The zero-order valence-corrected chi connectivity index (χ0v) is 19.3. The Balaban J connectivity index is 1.15. The summed E-state index contributed by atoms with van der Waals surface area (Å²) in [4.78, 5) is 35.1. The lowest BCUT2D eigenvalue weighted by Gasteiger charge is -2.15. The van der Waals surface area contributed by atoms with Crippen LogP contribution in [0.3, 0.4) is 0 Å². The number of amides is 2. The molecule has 3 N–H and O–H groups in total. The van der Waals surface area contributed by atoms with Crippen molar-refractivity contribution in [3.05, 3.63) is 59.7 Å². The number of alkyl halides is 2. The summed E-state index contributed by atoms with van der Waals surface area (Å²) in [7, 11) is 0. The van der Waals surface area contributed by atoms with Gasteiger partial charge in [0.1, 0.15) is 12.5 Å². The molecule has 0 aliphatic heterocycles. The first kappa shape index (κ1) is 24.6. The van der Waals surface area contributed by atoms with Gasteiger partial charge in [0.05, 0.1) is 5.92 Å². The number of ether oxygens (including phenoxy) is 1. The van der Waals surface area contributed by atoms with Crippen molar-refractivity contribution in [1.82, 2.24) is 10.6 Å². The number of carboxylic acids is 1. The average Bonchev–Trinajstić information content (AvgIpc) is 3.25. The Labute approximate surface area is 201 Å². The number of aliphatic carboxylic acids is 1. The van der Waals surface area contributed by atoms with Crippen molar-refractivity contribution in [3.63, 3.8) is 0 Å². The van der Waals surface area contributed by atoms with E-state index < -0.39 is 41.6 Å². The quantitative estimate of drug-likeness (QED) is 0.440. The standard InChI is InChI=1S/C26H28F2N2O5/c1-15(23(31)30-13-21-22(24(32)33)26(21,27)28)7-6-12-29-25(34)35-14-20-18-10-4-2-8-16(18)17-9-3-5-11-19(17)20/h2-5,8-11,15,20-22H,6-7,12-14H2,1H3,(H,29,34)(H,30,31)(H,32,33)/t15?,21-,22-/m1/s1. The molecule has 1 fully saturated rings. The first-order chi connectivity index (χ1) is 16.7. The third-order valence-corrected chi connectivity index (χ3v) is 6.84. The summed E-state index contributed by atoms with van der Waals surface area (Å²) in [5.41, 5.74) is 4.54. The summed E-state index contributed by atoms with van der Waals surface area (Å²) in [6.45, 7) is 1.80. The highest BCUT2D eigenvalue weighted by atomic mass is 19.3. The maximum Gasteiger partial charge on any atom is 0.407 e. The van der Waals surface area contributed by atoms with E-state index in [9.17, 15) is 23.2 Å². The summed E-state index contributed by atoms with van der Waals surface area (Å²) < 4.78 is 32.3. The topological polar surface area (TPSA) is 105 Å². The van der Waals surface area contributed by atoms with Gasteiger partial charge in [-0.25, -0.2) is 13.6 Å². The second-order valence-corrected chi connectivity index (χ2v) is 9.14. The summed E-state index contributed by atoms with van der Waals surface area (Å²) in [6.07, 6.45) is 0.384. The minimum Gasteiger partial charge on any atom is -0.481 e. The number of hydrogen-bond acceptors (Lipinski definition) is 4. The number of halogens is 2. The molecular formula is C26H28F2N2O5. The Morgan fingerprint density at radius 3 is 2.20 bits per heavy atom. The monoisotopic (exact) mass is 486 g/mol. The molecular weight excluding hydrogens is 458 g/mol. The zero-order chi connectivity index (χ0) is 25.2. The molecule has 2 aliphatic rings. The van der Waals surface area contributed by atoms with Crippen LogP contribution in [0.2, 0.25) is 0 Å². The molecule has 1 saturated carbocycles. The van der Waals surface area contributed by atoms with Gasteiger partial charge in [0.15, 0.2) is 0 Å². The van der Waals surface area contributed by atoms with Crippen LogP contribution in [0.1, 0.15) is 36.8 Å². The number of carboxylic acid groups (broad SMARTS) is 1. The van der Waals surface area contributed by atoms with Crippen LogP contribution < -0.4 is 10.6 Å². The lowest BCUT2D eigenvalue weighted by atomic mass is 9.98. The van der Waals surface area contributed by atoms with Crippen LogP contribution in [-0.4, -0.2) is 48.7 Å². The molecule has 2 amide bonds. The number of alkyl carbamates (subject to hydrolysis) is 1. The second kappa shape index (κ2) is 10.0. The van der Waals surface area contributed by atoms with Gasteiger partial charge in [0.25, 0.3) is 5.92 Å². The molecule has 0 saturated heterocycles. The number of carbonyl (C=O) groups is 3. The summed E-state index contributed by atoms with van der Waals surface area (Å²) >= 11 is 0. The number of nitrogens with one attached hydrogen (secondary N) is 2. The summed E-state index contributed by atoms with van der Waals surface area (Å²) in [6, 6.07) is 16.1. The summed E-state index contributed by atoms with van der Waals surface area (Å²) in [5.74, 6) is -8.85. The van der Waals surface area contributed by atoms with E-state index in [0.29, 0.717) is 19.4 Å². The van der Waals surface area contributed by atoms with Crippen LogP contribution >= 0.6 is 0 Å². The van der Waals surface area contributed by atoms with Gasteiger partial charge in [-0.2, -0.15) is 0 Å². The first-order valence-electron chi connectivity index (χ1n) is 11.7. The van der Waals surface area contributed by atoms with Crippen molar-refractivity contribution in [2.75, 3.05) is 19.7 Å². The maximum absolute atomic E-state index is 13.4.